The fourth-order valence-corrected chi connectivity index (χ4v) is 4.33. The molecule has 1 saturated heterocycles. The molecule has 3 aromatic rings. The molecule has 0 radical (unpaired) electrons. The topological polar surface area (TPSA) is 58.6 Å². The number of aryl methyl sites for hydroxylation is 3. The molecule has 1 aromatic carbocycles. The number of hydrogen-bond acceptors (Lipinski definition) is 6. The Balaban J connectivity index is 1.30. The Morgan fingerprint density at radius 1 is 1.10 bits per heavy atom. The van der Waals surface area contributed by atoms with Gasteiger partial charge < -0.3 is 14.5 Å². The molecule has 6 nitrogen and oxygen atoms in total. The van der Waals surface area contributed by atoms with E-state index in [0.717, 1.165) is 46.5 Å². The highest BCUT2D eigenvalue weighted by atomic mass is 32.1. The minimum absolute atomic E-state index is 0.0222. The van der Waals surface area contributed by atoms with Crippen LogP contribution >= 0.6 is 11.3 Å². The van der Waals surface area contributed by atoms with Crippen molar-refractivity contribution in [2.24, 2.45) is 0 Å². The second-order valence-electron chi connectivity index (χ2n) is 7.54. The highest BCUT2D eigenvalue weighted by molar-refractivity contribution is 7.15. The van der Waals surface area contributed by atoms with E-state index in [0.29, 0.717) is 13.1 Å². The average molecular weight is 423 g/mol. The Hall–Kier alpha value is -2.93. The highest BCUT2D eigenvalue weighted by Crippen LogP contribution is 2.28. The molecule has 2 aromatic heterocycles. The third-order valence-corrected chi connectivity index (χ3v) is 6.45. The van der Waals surface area contributed by atoms with Crippen molar-refractivity contribution >= 4 is 23.1 Å². The molecule has 1 aliphatic heterocycles. The number of pyridine rings is 1. The molecular weight excluding hydrogens is 396 g/mol. The number of amides is 1. The van der Waals surface area contributed by atoms with Crippen LogP contribution in [-0.2, 0) is 4.79 Å². The van der Waals surface area contributed by atoms with Crippen LogP contribution in [0.15, 0.2) is 42.6 Å². The van der Waals surface area contributed by atoms with Gasteiger partial charge in [0.05, 0.1) is 5.69 Å². The zero-order valence-electron chi connectivity index (χ0n) is 17.6. The van der Waals surface area contributed by atoms with E-state index in [1.54, 1.807) is 11.3 Å². The molecule has 156 valence electrons. The fourth-order valence-electron chi connectivity index (χ4n) is 3.42. The lowest BCUT2D eigenvalue weighted by Crippen LogP contribution is -2.50. The van der Waals surface area contributed by atoms with Gasteiger partial charge in [-0.25, -0.2) is 9.97 Å². The first-order valence-corrected chi connectivity index (χ1v) is 10.9. The molecule has 1 fully saturated rings. The molecule has 0 aliphatic carbocycles. The lowest BCUT2D eigenvalue weighted by Gasteiger charge is -2.35. The standard InChI is InChI=1S/C23H26N4O2S/c1-16-5-4-6-20(13-16)29-15-22(28)27-11-9-26(10-12-27)21-8-7-19(14-24-21)23-25-17(2)18(3)30-23/h4-8,13-14H,9-12,15H2,1-3H3. The van der Waals surface area contributed by atoms with Crippen LogP contribution in [0.1, 0.15) is 16.1 Å². The SMILES string of the molecule is Cc1cccc(OCC(=O)N2CCN(c3ccc(-c4nc(C)c(C)s4)cn3)CC2)c1. The van der Waals surface area contributed by atoms with Crippen molar-refractivity contribution in [1.29, 1.82) is 0 Å². The quantitative estimate of drug-likeness (QED) is 0.625. The van der Waals surface area contributed by atoms with Crippen molar-refractivity contribution < 1.29 is 9.53 Å². The molecule has 4 rings (SSSR count). The number of benzene rings is 1. The van der Waals surface area contributed by atoms with E-state index < -0.39 is 0 Å². The first kappa shape index (κ1) is 20.3. The maximum atomic E-state index is 12.5. The summed E-state index contributed by atoms with van der Waals surface area (Å²) in [4.78, 5) is 27.0. The molecule has 0 atom stereocenters. The summed E-state index contributed by atoms with van der Waals surface area (Å²) in [6.07, 6.45) is 1.89. The number of hydrogen-bond donors (Lipinski definition) is 0. The largest absolute Gasteiger partial charge is 0.484 e. The molecule has 0 unspecified atom stereocenters. The lowest BCUT2D eigenvalue weighted by atomic mass is 10.2. The van der Waals surface area contributed by atoms with E-state index in [1.807, 2.05) is 55.3 Å². The van der Waals surface area contributed by atoms with Gasteiger partial charge in [-0.05, 0) is 50.6 Å². The zero-order valence-corrected chi connectivity index (χ0v) is 18.4. The molecule has 0 bridgehead atoms. The maximum absolute atomic E-state index is 12.5. The van der Waals surface area contributed by atoms with Crippen LogP contribution in [0.5, 0.6) is 5.75 Å². The number of carbonyl (C=O) groups is 1. The molecular formula is C23H26N4O2S. The smallest absolute Gasteiger partial charge is 0.260 e. The normalized spacial score (nSPS) is 14.1. The molecule has 1 amide bonds. The third-order valence-electron chi connectivity index (χ3n) is 5.33. The van der Waals surface area contributed by atoms with Crippen LogP contribution in [0.2, 0.25) is 0 Å². The molecule has 7 heteroatoms. The number of ether oxygens (including phenoxy) is 1. The van der Waals surface area contributed by atoms with E-state index in [4.69, 9.17) is 4.74 Å². The van der Waals surface area contributed by atoms with Crippen LogP contribution in [0.25, 0.3) is 10.6 Å². The summed E-state index contributed by atoms with van der Waals surface area (Å²) in [6, 6.07) is 11.9. The molecule has 3 heterocycles. The summed E-state index contributed by atoms with van der Waals surface area (Å²) in [5.74, 6) is 1.69. The first-order valence-electron chi connectivity index (χ1n) is 10.1. The van der Waals surface area contributed by atoms with E-state index >= 15 is 0 Å². The summed E-state index contributed by atoms with van der Waals surface area (Å²) in [5, 5.41) is 1.01. The Morgan fingerprint density at radius 3 is 2.53 bits per heavy atom. The minimum Gasteiger partial charge on any atom is -0.484 e. The van der Waals surface area contributed by atoms with Crippen LogP contribution in [-0.4, -0.2) is 53.6 Å². The first-order chi connectivity index (χ1) is 14.5. The number of anilines is 1. The Morgan fingerprint density at radius 2 is 1.90 bits per heavy atom. The summed E-state index contributed by atoms with van der Waals surface area (Å²) in [6.45, 7) is 9.07. The summed E-state index contributed by atoms with van der Waals surface area (Å²) < 4.78 is 5.66. The predicted molar refractivity (Wildman–Crippen MR) is 120 cm³/mol. The van der Waals surface area contributed by atoms with Gasteiger partial charge in [-0.15, -0.1) is 11.3 Å². The van der Waals surface area contributed by atoms with Crippen molar-refractivity contribution in [2.75, 3.05) is 37.7 Å². The van der Waals surface area contributed by atoms with E-state index in [1.165, 1.54) is 4.88 Å². The third kappa shape index (κ3) is 4.62. The number of carbonyl (C=O) groups excluding carboxylic acids is 1. The summed E-state index contributed by atoms with van der Waals surface area (Å²) >= 11 is 1.70. The van der Waals surface area contributed by atoms with Crippen molar-refractivity contribution in [3.63, 3.8) is 0 Å². The second kappa shape index (κ2) is 8.83. The lowest BCUT2D eigenvalue weighted by molar-refractivity contribution is -0.133. The van der Waals surface area contributed by atoms with Gasteiger partial charge in [0.15, 0.2) is 6.61 Å². The number of rotatable bonds is 5. The van der Waals surface area contributed by atoms with E-state index in [9.17, 15) is 4.79 Å². The maximum Gasteiger partial charge on any atom is 0.260 e. The fraction of sp³-hybridized carbons (Fsp3) is 0.348. The van der Waals surface area contributed by atoms with Gasteiger partial charge in [-0.3, -0.25) is 4.79 Å². The van der Waals surface area contributed by atoms with Crippen LogP contribution in [0, 0.1) is 20.8 Å². The van der Waals surface area contributed by atoms with Gasteiger partial charge in [0, 0.05) is 42.8 Å². The van der Waals surface area contributed by atoms with Crippen molar-refractivity contribution in [2.45, 2.75) is 20.8 Å². The summed E-state index contributed by atoms with van der Waals surface area (Å²) in [5.41, 5.74) is 3.24. The average Bonchev–Trinajstić information content (AvgIpc) is 3.11. The molecule has 0 saturated carbocycles. The van der Waals surface area contributed by atoms with Crippen LogP contribution in [0.4, 0.5) is 5.82 Å². The monoisotopic (exact) mass is 422 g/mol. The zero-order chi connectivity index (χ0) is 21.1. The second-order valence-corrected chi connectivity index (χ2v) is 8.74. The predicted octanol–water partition coefficient (Wildman–Crippen LogP) is 3.86. The van der Waals surface area contributed by atoms with Crippen LogP contribution in [0.3, 0.4) is 0 Å². The van der Waals surface area contributed by atoms with Crippen molar-refractivity contribution in [3.05, 3.63) is 58.7 Å². The molecule has 30 heavy (non-hydrogen) atoms. The Kier molecular flexibility index (Phi) is 5.99. The number of piperazine rings is 1. The number of nitrogens with zero attached hydrogens (tertiary/aromatic N) is 4. The highest BCUT2D eigenvalue weighted by Gasteiger charge is 2.22. The van der Waals surface area contributed by atoms with E-state index in [-0.39, 0.29) is 12.5 Å². The van der Waals surface area contributed by atoms with Gasteiger partial charge >= 0.3 is 0 Å². The minimum atomic E-state index is 0.0222. The Labute approximate surface area is 181 Å². The van der Waals surface area contributed by atoms with Gasteiger partial charge in [0.1, 0.15) is 16.6 Å². The molecule has 1 aliphatic rings. The number of thiazole rings is 1. The van der Waals surface area contributed by atoms with Gasteiger partial charge in [-0.1, -0.05) is 12.1 Å². The molecule has 0 N–H and O–H groups in total. The van der Waals surface area contributed by atoms with Crippen molar-refractivity contribution in [1.82, 2.24) is 14.9 Å². The van der Waals surface area contributed by atoms with Crippen molar-refractivity contribution in [3.8, 4) is 16.3 Å². The van der Waals surface area contributed by atoms with E-state index in [2.05, 4.69) is 27.9 Å². The van der Waals surface area contributed by atoms with Gasteiger partial charge in [-0.2, -0.15) is 0 Å². The van der Waals surface area contributed by atoms with Gasteiger partial charge in [0.25, 0.3) is 5.91 Å². The summed E-state index contributed by atoms with van der Waals surface area (Å²) in [7, 11) is 0. The van der Waals surface area contributed by atoms with Crippen LogP contribution < -0.4 is 9.64 Å². The number of aromatic nitrogens is 2. The van der Waals surface area contributed by atoms with Gasteiger partial charge in [0.2, 0.25) is 0 Å². The molecule has 0 spiro atoms. The Bertz CT molecular complexity index is 1000.